The van der Waals surface area contributed by atoms with E-state index in [-0.39, 0.29) is 4.90 Å². The van der Waals surface area contributed by atoms with E-state index in [1.165, 1.54) is 18.2 Å². The molecule has 0 bridgehead atoms. The minimum atomic E-state index is -4.71. The molecule has 0 aromatic heterocycles. The monoisotopic (exact) mass is 280 g/mol. The molecule has 1 aromatic rings. The lowest BCUT2D eigenvalue weighted by molar-refractivity contribution is -0.106. The lowest BCUT2D eigenvalue weighted by Crippen LogP contribution is -2.22. The SMILES string of the molecule is CCCCc1cccc(S(=O)(=O)CC(F)(F)F)c1. The highest BCUT2D eigenvalue weighted by Gasteiger charge is 2.35. The third-order valence-corrected chi connectivity index (χ3v) is 4.11. The summed E-state index contributed by atoms with van der Waals surface area (Å²) in [6.07, 6.45) is -2.22. The number of aryl methyl sites for hydroxylation is 1. The van der Waals surface area contributed by atoms with Gasteiger partial charge in [0, 0.05) is 0 Å². The number of benzene rings is 1. The molecule has 0 amide bonds. The summed E-state index contributed by atoms with van der Waals surface area (Å²) < 4.78 is 59.6. The highest BCUT2D eigenvalue weighted by atomic mass is 32.2. The Kier molecular flexibility index (Phi) is 4.78. The van der Waals surface area contributed by atoms with Crippen molar-refractivity contribution in [1.29, 1.82) is 0 Å². The standard InChI is InChI=1S/C12H15F3O2S/c1-2-3-5-10-6-4-7-11(8-10)18(16,17)9-12(13,14)15/h4,6-8H,2-3,5,9H2,1H3. The molecule has 0 N–H and O–H groups in total. The predicted octanol–water partition coefficient (Wildman–Crippen LogP) is 3.37. The van der Waals surface area contributed by atoms with E-state index in [2.05, 4.69) is 0 Å². The highest BCUT2D eigenvalue weighted by molar-refractivity contribution is 7.91. The van der Waals surface area contributed by atoms with Crippen LogP contribution in [-0.2, 0) is 16.3 Å². The van der Waals surface area contributed by atoms with Crippen LogP contribution in [0, 0.1) is 0 Å². The zero-order chi connectivity index (χ0) is 13.8. The van der Waals surface area contributed by atoms with Crippen molar-refractivity contribution in [2.75, 3.05) is 5.75 Å². The lowest BCUT2D eigenvalue weighted by Gasteiger charge is -2.09. The molecule has 0 radical (unpaired) electrons. The Bertz CT molecular complexity index is 492. The summed E-state index contributed by atoms with van der Waals surface area (Å²) in [6.45, 7) is 1.99. The maximum Gasteiger partial charge on any atom is 0.403 e. The Balaban J connectivity index is 2.95. The number of sulfone groups is 1. The summed E-state index contributed by atoms with van der Waals surface area (Å²) >= 11 is 0. The van der Waals surface area contributed by atoms with Gasteiger partial charge in [-0.25, -0.2) is 8.42 Å². The van der Waals surface area contributed by atoms with Gasteiger partial charge in [0.1, 0.15) is 0 Å². The molecule has 1 aromatic carbocycles. The number of alkyl halides is 3. The largest absolute Gasteiger partial charge is 0.403 e. The van der Waals surface area contributed by atoms with Gasteiger partial charge < -0.3 is 0 Å². The van der Waals surface area contributed by atoms with E-state index >= 15 is 0 Å². The summed E-state index contributed by atoms with van der Waals surface area (Å²) in [5.74, 6) is -1.81. The van der Waals surface area contributed by atoms with Crippen LogP contribution in [0.1, 0.15) is 25.3 Å². The van der Waals surface area contributed by atoms with E-state index in [9.17, 15) is 21.6 Å². The normalized spacial score (nSPS) is 12.7. The molecule has 0 aliphatic carbocycles. The summed E-state index contributed by atoms with van der Waals surface area (Å²) in [6, 6.07) is 5.74. The van der Waals surface area contributed by atoms with Gasteiger partial charge in [-0.3, -0.25) is 0 Å². The molecule has 0 saturated heterocycles. The zero-order valence-corrected chi connectivity index (χ0v) is 10.8. The summed E-state index contributed by atoms with van der Waals surface area (Å²) in [4.78, 5) is -0.256. The van der Waals surface area contributed by atoms with Crippen molar-refractivity contribution in [3.05, 3.63) is 29.8 Å². The highest BCUT2D eigenvalue weighted by Crippen LogP contribution is 2.23. The molecular formula is C12H15F3O2S. The van der Waals surface area contributed by atoms with Gasteiger partial charge in [-0.15, -0.1) is 0 Å². The van der Waals surface area contributed by atoms with Crippen LogP contribution in [0.3, 0.4) is 0 Å². The second-order valence-corrected chi connectivity index (χ2v) is 6.11. The van der Waals surface area contributed by atoms with E-state index in [1.807, 2.05) is 6.92 Å². The first-order chi connectivity index (χ1) is 8.24. The molecule has 0 unspecified atom stereocenters. The smallest absolute Gasteiger partial charge is 0.223 e. The summed E-state index contributed by atoms with van der Waals surface area (Å²) in [7, 11) is -4.29. The molecule has 0 spiro atoms. The van der Waals surface area contributed by atoms with E-state index < -0.39 is 21.8 Å². The molecule has 1 rings (SSSR count). The fourth-order valence-corrected chi connectivity index (χ4v) is 2.79. The fourth-order valence-electron chi connectivity index (χ4n) is 1.57. The van der Waals surface area contributed by atoms with Crippen LogP contribution < -0.4 is 0 Å². The van der Waals surface area contributed by atoms with Crippen molar-refractivity contribution in [1.82, 2.24) is 0 Å². The van der Waals surface area contributed by atoms with E-state index in [0.717, 1.165) is 18.4 Å². The zero-order valence-electron chi connectivity index (χ0n) is 10.00. The minimum absolute atomic E-state index is 0.256. The van der Waals surface area contributed by atoms with E-state index in [1.54, 1.807) is 6.07 Å². The van der Waals surface area contributed by atoms with Crippen molar-refractivity contribution in [2.45, 2.75) is 37.3 Å². The second-order valence-electron chi connectivity index (χ2n) is 4.13. The Morgan fingerprint density at radius 1 is 1.22 bits per heavy atom. The molecule has 18 heavy (non-hydrogen) atoms. The van der Waals surface area contributed by atoms with Crippen LogP contribution in [0.25, 0.3) is 0 Å². The van der Waals surface area contributed by atoms with Gasteiger partial charge >= 0.3 is 6.18 Å². The Morgan fingerprint density at radius 2 is 1.89 bits per heavy atom. The average molecular weight is 280 g/mol. The van der Waals surface area contributed by atoms with Gasteiger partial charge in [-0.05, 0) is 30.5 Å². The number of halogens is 3. The maximum atomic E-state index is 12.2. The number of unbranched alkanes of at least 4 members (excludes halogenated alkanes) is 1. The lowest BCUT2D eigenvalue weighted by atomic mass is 10.1. The van der Waals surface area contributed by atoms with E-state index in [4.69, 9.17) is 0 Å². The molecule has 6 heteroatoms. The van der Waals surface area contributed by atoms with Crippen molar-refractivity contribution in [2.24, 2.45) is 0 Å². The van der Waals surface area contributed by atoms with Crippen molar-refractivity contribution in [3.63, 3.8) is 0 Å². The Morgan fingerprint density at radius 3 is 2.44 bits per heavy atom. The topological polar surface area (TPSA) is 34.1 Å². The Labute approximate surface area is 105 Å². The van der Waals surface area contributed by atoms with Crippen LogP contribution >= 0.6 is 0 Å². The van der Waals surface area contributed by atoms with Crippen molar-refractivity contribution < 1.29 is 21.6 Å². The first-order valence-corrected chi connectivity index (χ1v) is 7.28. The summed E-state index contributed by atoms with van der Waals surface area (Å²) in [5, 5.41) is 0. The van der Waals surface area contributed by atoms with Gasteiger partial charge in [-0.2, -0.15) is 13.2 Å². The third-order valence-electron chi connectivity index (χ3n) is 2.43. The van der Waals surface area contributed by atoms with E-state index in [0.29, 0.717) is 6.42 Å². The van der Waals surface area contributed by atoms with Crippen LogP contribution in [0.4, 0.5) is 13.2 Å². The molecule has 2 nitrogen and oxygen atoms in total. The molecule has 0 saturated carbocycles. The Hall–Kier alpha value is -1.04. The van der Waals surface area contributed by atoms with Gasteiger partial charge in [0.15, 0.2) is 15.6 Å². The first-order valence-electron chi connectivity index (χ1n) is 5.63. The number of hydrogen-bond donors (Lipinski definition) is 0. The number of hydrogen-bond acceptors (Lipinski definition) is 2. The van der Waals surface area contributed by atoms with Crippen molar-refractivity contribution >= 4 is 9.84 Å². The second kappa shape index (κ2) is 5.73. The average Bonchev–Trinajstić information content (AvgIpc) is 2.23. The number of rotatable bonds is 5. The van der Waals surface area contributed by atoms with Gasteiger partial charge in [-0.1, -0.05) is 25.5 Å². The molecular weight excluding hydrogens is 265 g/mol. The van der Waals surface area contributed by atoms with Crippen molar-refractivity contribution in [3.8, 4) is 0 Å². The van der Waals surface area contributed by atoms with Crippen LogP contribution in [0.15, 0.2) is 29.2 Å². The van der Waals surface area contributed by atoms with Gasteiger partial charge in [0.2, 0.25) is 0 Å². The third kappa shape index (κ3) is 4.68. The van der Waals surface area contributed by atoms with Crippen LogP contribution in [-0.4, -0.2) is 20.3 Å². The minimum Gasteiger partial charge on any atom is -0.223 e. The first kappa shape index (κ1) is 15.0. The van der Waals surface area contributed by atoms with Gasteiger partial charge in [0.05, 0.1) is 4.90 Å². The quantitative estimate of drug-likeness (QED) is 0.828. The maximum absolute atomic E-state index is 12.2. The van der Waals surface area contributed by atoms with Gasteiger partial charge in [0.25, 0.3) is 0 Å². The van der Waals surface area contributed by atoms with Crippen LogP contribution in [0.5, 0.6) is 0 Å². The molecule has 0 heterocycles. The van der Waals surface area contributed by atoms with Crippen LogP contribution in [0.2, 0.25) is 0 Å². The fraction of sp³-hybridized carbons (Fsp3) is 0.500. The molecule has 102 valence electrons. The molecule has 0 aliphatic rings. The predicted molar refractivity (Wildman–Crippen MR) is 63.2 cm³/mol. The summed E-state index contributed by atoms with van der Waals surface area (Å²) in [5.41, 5.74) is 0.750. The molecule has 0 atom stereocenters. The molecule has 0 fully saturated rings. The molecule has 0 aliphatic heterocycles.